The molecule has 1 aliphatic heterocycles. The molecule has 4 rings (SSSR count). The van der Waals surface area contributed by atoms with E-state index in [2.05, 4.69) is 10.1 Å². The fourth-order valence-corrected chi connectivity index (χ4v) is 4.05. The maximum Gasteiger partial charge on any atom is 0.274 e. The predicted octanol–water partition coefficient (Wildman–Crippen LogP) is 3.30. The van der Waals surface area contributed by atoms with Crippen molar-refractivity contribution in [2.45, 2.75) is 25.9 Å². The van der Waals surface area contributed by atoms with Gasteiger partial charge < -0.3 is 9.64 Å². The molecule has 0 saturated carbocycles. The fourth-order valence-electron chi connectivity index (χ4n) is 3.13. The summed E-state index contributed by atoms with van der Waals surface area (Å²) in [6.45, 7) is 3.00. The van der Waals surface area contributed by atoms with Gasteiger partial charge in [-0.15, -0.1) is 0 Å². The molecule has 0 bridgehead atoms. The Morgan fingerprint density at radius 3 is 2.67 bits per heavy atom. The number of aromatic nitrogens is 3. The Kier molecular flexibility index (Phi) is 4.55. The Balaban J connectivity index is 1.39. The largest absolute Gasteiger partial charge is 0.467 e. The Labute approximate surface area is 158 Å². The maximum absolute atomic E-state index is 13.8. The lowest BCUT2D eigenvalue weighted by Crippen LogP contribution is -2.42. The van der Waals surface area contributed by atoms with Gasteiger partial charge in [0, 0.05) is 44.7 Å². The van der Waals surface area contributed by atoms with Crippen LogP contribution < -0.4 is 4.74 Å². The molecule has 3 heterocycles. The van der Waals surface area contributed by atoms with Gasteiger partial charge in [0.25, 0.3) is 11.1 Å². The van der Waals surface area contributed by atoms with Crippen LogP contribution in [-0.2, 0) is 7.05 Å². The number of nitrogens with zero attached hydrogens (tertiary/aromatic N) is 4. The fraction of sp³-hybridized carbons (Fsp3) is 0.389. The predicted molar refractivity (Wildman–Crippen MR) is 97.0 cm³/mol. The number of benzene rings is 1. The molecule has 1 aromatic carbocycles. The average Bonchev–Trinajstić information content (AvgIpc) is 3.18. The zero-order chi connectivity index (χ0) is 19.1. The topological polar surface area (TPSA) is 60.3 Å². The number of likely N-dealkylation sites (tertiary alicyclic amines) is 1. The second-order valence-electron chi connectivity index (χ2n) is 6.62. The summed E-state index contributed by atoms with van der Waals surface area (Å²) < 4.78 is 35.0. The molecule has 1 saturated heterocycles. The van der Waals surface area contributed by atoms with E-state index < -0.39 is 11.6 Å². The van der Waals surface area contributed by atoms with Crippen molar-refractivity contribution in [1.82, 2.24) is 19.7 Å². The van der Waals surface area contributed by atoms with E-state index in [1.807, 2.05) is 6.92 Å². The molecule has 2 aromatic heterocycles. The Bertz CT molecular complexity index is 989. The Morgan fingerprint density at radius 1 is 1.26 bits per heavy atom. The van der Waals surface area contributed by atoms with Crippen LogP contribution in [0.5, 0.6) is 5.19 Å². The van der Waals surface area contributed by atoms with Crippen LogP contribution in [0.25, 0.3) is 10.2 Å². The number of piperidine rings is 1. The van der Waals surface area contributed by atoms with Gasteiger partial charge in [-0.05, 0) is 19.1 Å². The van der Waals surface area contributed by atoms with Crippen LogP contribution in [-0.4, -0.2) is 44.8 Å². The first-order valence-corrected chi connectivity index (χ1v) is 9.44. The average molecular weight is 392 g/mol. The number of carbonyl (C=O) groups is 1. The minimum absolute atomic E-state index is 0.0883. The third-order valence-corrected chi connectivity index (χ3v) is 5.62. The zero-order valence-corrected chi connectivity index (χ0v) is 15.7. The number of hydrogen-bond donors (Lipinski definition) is 0. The van der Waals surface area contributed by atoms with Crippen molar-refractivity contribution >= 4 is 27.5 Å². The summed E-state index contributed by atoms with van der Waals surface area (Å²) in [7, 11) is 1.80. The van der Waals surface area contributed by atoms with E-state index in [1.54, 1.807) is 22.7 Å². The third kappa shape index (κ3) is 3.51. The molecule has 27 heavy (non-hydrogen) atoms. The molecule has 1 amide bonds. The van der Waals surface area contributed by atoms with E-state index in [-0.39, 0.29) is 17.5 Å². The molecule has 0 radical (unpaired) electrons. The van der Waals surface area contributed by atoms with Gasteiger partial charge in [0.2, 0.25) is 0 Å². The SMILES string of the molecule is Cc1cc(C(=O)N2CCC(Oc3nc4c(F)cc(F)cc4s3)CC2)nn1C. The number of thiazole rings is 1. The summed E-state index contributed by atoms with van der Waals surface area (Å²) >= 11 is 1.12. The van der Waals surface area contributed by atoms with Crippen molar-refractivity contribution in [3.63, 3.8) is 0 Å². The van der Waals surface area contributed by atoms with Gasteiger partial charge in [0.05, 0.1) is 4.70 Å². The molecule has 0 N–H and O–H groups in total. The quantitative estimate of drug-likeness (QED) is 0.686. The zero-order valence-electron chi connectivity index (χ0n) is 14.9. The number of ether oxygens (including phenoxy) is 1. The number of rotatable bonds is 3. The van der Waals surface area contributed by atoms with Crippen molar-refractivity contribution in [2.24, 2.45) is 7.05 Å². The van der Waals surface area contributed by atoms with Crippen molar-refractivity contribution < 1.29 is 18.3 Å². The van der Waals surface area contributed by atoms with Gasteiger partial charge in [0.1, 0.15) is 17.4 Å². The highest BCUT2D eigenvalue weighted by Gasteiger charge is 2.27. The molecule has 0 atom stereocenters. The lowest BCUT2D eigenvalue weighted by atomic mass is 10.1. The van der Waals surface area contributed by atoms with Crippen LogP contribution in [0.2, 0.25) is 0 Å². The van der Waals surface area contributed by atoms with E-state index in [9.17, 15) is 13.6 Å². The minimum atomic E-state index is -0.692. The first kappa shape index (κ1) is 17.8. The highest BCUT2D eigenvalue weighted by molar-refractivity contribution is 7.20. The number of halogens is 2. The number of amides is 1. The van der Waals surface area contributed by atoms with Crippen LogP contribution in [0, 0.1) is 18.6 Å². The summed E-state index contributed by atoms with van der Waals surface area (Å²) in [6, 6.07) is 3.84. The van der Waals surface area contributed by atoms with Crippen molar-refractivity contribution in [2.75, 3.05) is 13.1 Å². The van der Waals surface area contributed by atoms with Crippen LogP contribution in [0.4, 0.5) is 8.78 Å². The Morgan fingerprint density at radius 2 is 2.00 bits per heavy atom. The van der Waals surface area contributed by atoms with Crippen LogP contribution in [0.1, 0.15) is 29.0 Å². The van der Waals surface area contributed by atoms with Crippen LogP contribution >= 0.6 is 11.3 Å². The van der Waals surface area contributed by atoms with E-state index in [0.717, 1.165) is 23.1 Å². The summed E-state index contributed by atoms with van der Waals surface area (Å²) in [5.41, 5.74) is 1.49. The molecule has 3 aromatic rings. The summed E-state index contributed by atoms with van der Waals surface area (Å²) in [4.78, 5) is 18.4. The molecule has 9 heteroatoms. The first-order chi connectivity index (χ1) is 12.9. The van der Waals surface area contributed by atoms with Crippen LogP contribution in [0.15, 0.2) is 18.2 Å². The summed E-state index contributed by atoms with van der Waals surface area (Å²) in [5.74, 6) is -1.41. The van der Waals surface area contributed by atoms with Gasteiger partial charge in [-0.3, -0.25) is 9.48 Å². The van der Waals surface area contributed by atoms with Gasteiger partial charge in [-0.2, -0.15) is 10.1 Å². The molecule has 1 aliphatic rings. The minimum Gasteiger partial charge on any atom is -0.467 e. The smallest absolute Gasteiger partial charge is 0.274 e. The van der Waals surface area contributed by atoms with Gasteiger partial charge in [0.15, 0.2) is 11.5 Å². The molecule has 6 nitrogen and oxygen atoms in total. The molecule has 0 aliphatic carbocycles. The molecular weight excluding hydrogens is 374 g/mol. The van der Waals surface area contributed by atoms with Crippen LogP contribution in [0.3, 0.4) is 0 Å². The lowest BCUT2D eigenvalue weighted by molar-refractivity contribution is 0.0589. The third-order valence-electron chi connectivity index (χ3n) is 4.72. The van der Waals surface area contributed by atoms with E-state index in [4.69, 9.17) is 4.74 Å². The normalized spacial score (nSPS) is 15.5. The lowest BCUT2D eigenvalue weighted by Gasteiger charge is -2.31. The highest BCUT2D eigenvalue weighted by atomic mass is 32.1. The van der Waals surface area contributed by atoms with Crippen molar-refractivity contribution in [3.05, 3.63) is 41.2 Å². The molecule has 0 spiro atoms. The number of hydrogen-bond acceptors (Lipinski definition) is 5. The summed E-state index contributed by atoms with van der Waals surface area (Å²) in [6.07, 6.45) is 1.17. The van der Waals surface area contributed by atoms with E-state index >= 15 is 0 Å². The highest BCUT2D eigenvalue weighted by Crippen LogP contribution is 2.32. The molecular formula is C18H18F2N4O2S. The summed E-state index contributed by atoms with van der Waals surface area (Å²) in [5, 5.41) is 4.55. The molecule has 1 fully saturated rings. The van der Waals surface area contributed by atoms with Crippen molar-refractivity contribution in [3.8, 4) is 5.19 Å². The number of fused-ring (bicyclic) bond motifs is 1. The standard InChI is InChI=1S/C18H18F2N4O2S/c1-10-7-14(22-23(10)2)17(25)24-5-3-12(4-6-24)26-18-21-16-13(20)8-11(19)9-15(16)27-18/h7-9,12H,3-6H2,1-2H3. The van der Waals surface area contributed by atoms with Gasteiger partial charge >= 0.3 is 0 Å². The first-order valence-electron chi connectivity index (χ1n) is 8.63. The van der Waals surface area contributed by atoms with Crippen molar-refractivity contribution in [1.29, 1.82) is 0 Å². The van der Waals surface area contributed by atoms with Gasteiger partial charge in [-0.1, -0.05) is 11.3 Å². The van der Waals surface area contributed by atoms with Gasteiger partial charge in [-0.25, -0.2) is 8.78 Å². The molecule has 0 unspecified atom stereocenters. The number of aryl methyl sites for hydroxylation is 2. The second-order valence-corrected chi connectivity index (χ2v) is 7.61. The molecule has 142 valence electrons. The van der Waals surface area contributed by atoms with E-state index in [0.29, 0.717) is 41.5 Å². The maximum atomic E-state index is 13.8. The monoisotopic (exact) mass is 392 g/mol. The number of carbonyl (C=O) groups excluding carboxylic acids is 1. The van der Waals surface area contributed by atoms with E-state index in [1.165, 1.54) is 6.07 Å². The Hall–Kier alpha value is -2.55. The second kappa shape index (κ2) is 6.88.